The highest BCUT2D eigenvalue weighted by Gasteiger charge is 2.30. The zero-order valence-electron chi connectivity index (χ0n) is 50.7. The summed E-state index contributed by atoms with van der Waals surface area (Å²) in [6.45, 7) is 13.0. The summed E-state index contributed by atoms with van der Waals surface area (Å²) in [5, 5.41) is 4.73. The second-order valence-corrected chi connectivity index (χ2v) is 24.7. The SMILES string of the molecule is C=CC(=O)OCCCCCCOc1ccc(OC(=O)C2CCC(COc3ccc4c(c3)nc(SC3CCC(OCCCCCC)CC3)c3cc(OCC5CCC(C(=O)Oc6ccc(OCCCCCCOC(=O)C=C)cc6)CC5)ccc34)CC2)cc1. The average molecular weight is 1200 g/mol. The molecule has 0 bridgehead atoms. The molecule has 3 saturated carbocycles. The quantitative estimate of drug-likeness (QED) is 0.0122. The molecule has 0 radical (unpaired) electrons. The summed E-state index contributed by atoms with van der Waals surface area (Å²) in [5.74, 6) is 3.31. The van der Waals surface area contributed by atoms with Gasteiger partial charge in [0, 0.05) is 40.8 Å². The van der Waals surface area contributed by atoms with Gasteiger partial charge in [-0.05, 0) is 231 Å². The number of hydrogen-bond acceptors (Lipinski definition) is 15. The maximum absolute atomic E-state index is 13.3. The van der Waals surface area contributed by atoms with Gasteiger partial charge in [-0.15, -0.1) is 11.8 Å². The molecule has 4 aromatic carbocycles. The first-order valence-corrected chi connectivity index (χ1v) is 32.9. The second kappa shape index (κ2) is 35.9. The highest BCUT2D eigenvalue weighted by atomic mass is 32.2. The molecule has 3 aliphatic rings. The molecule has 86 heavy (non-hydrogen) atoms. The number of rotatable bonds is 36. The zero-order chi connectivity index (χ0) is 60.1. The molecular formula is C71H91NO13S. The van der Waals surface area contributed by atoms with Gasteiger partial charge in [0.1, 0.15) is 39.5 Å². The number of unbranched alkanes of at least 4 members (excludes halogenated alkanes) is 9. The Morgan fingerprint density at radius 1 is 0.465 bits per heavy atom. The maximum Gasteiger partial charge on any atom is 0.330 e. The molecule has 1 aromatic heterocycles. The summed E-state index contributed by atoms with van der Waals surface area (Å²) >= 11 is 1.88. The largest absolute Gasteiger partial charge is 0.494 e. The van der Waals surface area contributed by atoms with Crippen LogP contribution in [0.4, 0.5) is 0 Å². The van der Waals surface area contributed by atoms with E-state index in [1.165, 1.54) is 31.4 Å². The highest BCUT2D eigenvalue weighted by molar-refractivity contribution is 8.00. The number of carbonyl (C=O) groups is 4. The number of carbonyl (C=O) groups excluding carboxylic acids is 4. The Morgan fingerprint density at radius 2 is 0.907 bits per heavy atom. The van der Waals surface area contributed by atoms with E-state index in [0.29, 0.717) is 74.3 Å². The summed E-state index contributed by atoms with van der Waals surface area (Å²) < 4.78 is 52.9. The minimum atomic E-state index is -0.389. The lowest BCUT2D eigenvalue weighted by molar-refractivity contribution is -0.141. The fourth-order valence-electron chi connectivity index (χ4n) is 11.6. The first-order valence-electron chi connectivity index (χ1n) is 32.0. The van der Waals surface area contributed by atoms with Crippen LogP contribution in [-0.4, -0.2) is 86.5 Å². The van der Waals surface area contributed by atoms with Gasteiger partial charge in [0.25, 0.3) is 0 Å². The molecular weight excluding hydrogens is 1110 g/mol. The van der Waals surface area contributed by atoms with Gasteiger partial charge < -0.3 is 42.6 Å². The second-order valence-electron chi connectivity index (χ2n) is 23.4. The van der Waals surface area contributed by atoms with Crippen molar-refractivity contribution < 1.29 is 61.8 Å². The first-order chi connectivity index (χ1) is 42.1. The average Bonchev–Trinajstić information content (AvgIpc) is 1.09. The molecule has 14 nitrogen and oxygen atoms in total. The Labute approximate surface area is 513 Å². The van der Waals surface area contributed by atoms with E-state index >= 15 is 0 Å². The third-order valence-electron chi connectivity index (χ3n) is 16.8. The molecule has 15 heteroatoms. The van der Waals surface area contributed by atoms with Crippen molar-refractivity contribution in [2.75, 3.05) is 46.2 Å². The third-order valence-corrected chi connectivity index (χ3v) is 18.1. The molecule has 0 N–H and O–H groups in total. The molecule has 0 aliphatic heterocycles. The lowest BCUT2D eigenvalue weighted by Crippen LogP contribution is -2.27. The first kappa shape index (κ1) is 65.4. The summed E-state index contributed by atoms with van der Waals surface area (Å²) in [7, 11) is 0. The van der Waals surface area contributed by atoms with Crippen molar-refractivity contribution in [3.05, 3.63) is 110 Å². The van der Waals surface area contributed by atoms with Crippen LogP contribution in [0.2, 0.25) is 0 Å². The summed E-state index contributed by atoms with van der Waals surface area (Å²) in [4.78, 5) is 54.3. The molecule has 0 spiro atoms. The van der Waals surface area contributed by atoms with Crippen LogP contribution in [0.25, 0.3) is 21.7 Å². The van der Waals surface area contributed by atoms with Crippen molar-refractivity contribution in [3.8, 4) is 34.5 Å². The topological polar surface area (TPSA) is 164 Å². The molecule has 3 fully saturated rings. The molecule has 1 heterocycles. The van der Waals surface area contributed by atoms with Crippen LogP contribution in [0.3, 0.4) is 0 Å². The zero-order valence-corrected chi connectivity index (χ0v) is 51.5. The van der Waals surface area contributed by atoms with Gasteiger partial charge in [-0.25, -0.2) is 14.6 Å². The number of nitrogens with zero attached hydrogens (tertiary/aromatic N) is 1. The Hall–Kier alpha value is -6.58. The normalized spacial score (nSPS) is 19.5. The van der Waals surface area contributed by atoms with E-state index in [0.717, 1.165) is 191 Å². The Balaban J connectivity index is 0.795. The third kappa shape index (κ3) is 21.7. The van der Waals surface area contributed by atoms with Gasteiger partial charge in [-0.1, -0.05) is 39.3 Å². The van der Waals surface area contributed by atoms with Crippen molar-refractivity contribution in [3.63, 3.8) is 0 Å². The van der Waals surface area contributed by atoms with E-state index in [1.807, 2.05) is 36.0 Å². The minimum absolute atomic E-state index is 0.152. The Morgan fingerprint density at radius 3 is 1.41 bits per heavy atom. The smallest absolute Gasteiger partial charge is 0.330 e. The number of aromatic nitrogens is 1. The number of hydrogen-bond donors (Lipinski definition) is 0. The van der Waals surface area contributed by atoms with Crippen molar-refractivity contribution >= 4 is 57.3 Å². The lowest BCUT2D eigenvalue weighted by Gasteiger charge is -2.28. The van der Waals surface area contributed by atoms with Gasteiger partial charge in [0.15, 0.2) is 0 Å². The Bertz CT molecular complexity index is 2910. The summed E-state index contributed by atoms with van der Waals surface area (Å²) in [6.07, 6.45) is 25.6. The van der Waals surface area contributed by atoms with Crippen molar-refractivity contribution in [1.29, 1.82) is 0 Å². The standard InChI is InChI=1S/C71H91NO13S/c1-4-7-8-13-42-79-57-34-38-62(39-35-57)86-69-65-47-60(82-49-51-18-22-53(23-19-51)70(75)84-58-30-26-55(27-31-58)77-43-14-9-11-16-45-80-67(73)5-2)36-40-63(65)64-41-37-61(48-66(64)72-69)83-50-52-20-24-54(25-21-52)71(76)85-59-32-28-56(29-33-59)78-44-15-10-12-17-46-81-68(74)6-3/h5-6,26-33,36-37,40-41,47-48,51-54,57,62H,2-4,7-25,34-35,38-39,42-46,49-50H2,1H3. The van der Waals surface area contributed by atoms with Crippen LogP contribution in [0.1, 0.15) is 161 Å². The molecule has 0 atom stereocenters. The molecule has 0 amide bonds. The number of pyridine rings is 1. The van der Waals surface area contributed by atoms with Crippen molar-refractivity contribution in [1.82, 2.24) is 4.98 Å². The van der Waals surface area contributed by atoms with Gasteiger partial charge in [-0.3, -0.25) is 9.59 Å². The number of fused-ring (bicyclic) bond motifs is 3. The van der Waals surface area contributed by atoms with Crippen LogP contribution in [-0.2, 0) is 33.4 Å². The van der Waals surface area contributed by atoms with Gasteiger partial charge >= 0.3 is 23.9 Å². The van der Waals surface area contributed by atoms with E-state index in [-0.39, 0.29) is 35.7 Å². The molecule has 464 valence electrons. The van der Waals surface area contributed by atoms with E-state index in [4.69, 9.17) is 47.6 Å². The minimum Gasteiger partial charge on any atom is -0.494 e. The van der Waals surface area contributed by atoms with E-state index in [1.54, 1.807) is 24.3 Å². The predicted molar refractivity (Wildman–Crippen MR) is 338 cm³/mol. The van der Waals surface area contributed by atoms with E-state index in [2.05, 4.69) is 56.5 Å². The molecule has 0 unspecified atom stereocenters. The number of esters is 4. The highest BCUT2D eigenvalue weighted by Crippen LogP contribution is 2.42. The van der Waals surface area contributed by atoms with E-state index < -0.39 is 0 Å². The van der Waals surface area contributed by atoms with Crippen LogP contribution < -0.4 is 28.4 Å². The maximum atomic E-state index is 13.3. The van der Waals surface area contributed by atoms with Gasteiger partial charge in [0.05, 0.1) is 63.1 Å². The summed E-state index contributed by atoms with van der Waals surface area (Å²) in [5.41, 5.74) is 0.904. The predicted octanol–water partition coefficient (Wildman–Crippen LogP) is 16.3. The Kier molecular flexibility index (Phi) is 27.3. The van der Waals surface area contributed by atoms with Crippen molar-refractivity contribution in [2.45, 2.75) is 177 Å². The van der Waals surface area contributed by atoms with Crippen LogP contribution >= 0.6 is 11.8 Å². The lowest BCUT2D eigenvalue weighted by atomic mass is 9.82. The van der Waals surface area contributed by atoms with Crippen molar-refractivity contribution in [2.24, 2.45) is 23.7 Å². The van der Waals surface area contributed by atoms with Gasteiger partial charge in [-0.2, -0.15) is 0 Å². The van der Waals surface area contributed by atoms with E-state index in [9.17, 15) is 19.2 Å². The monoisotopic (exact) mass is 1200 g/mol. The number of ether oxygens (including phenoxy) is 9. The molecule has 3 aliphatic carbocycles. The van der Waals surface area contributed by atoms with Crippen LogP contribution in [0, 0.1) is 23.7 Å². The number of thioether (sulfide) groups is 1. The molecule has 5 aromatic rings. The number of benzene rings is 4. The fourth-order valence-corrected chi connectivity index (χ4v) is 12.9. The van der Waals surface area contributed by atoms with Crippen LogP contribution in [0.15, 0.2) is 115 Å². The molecule has 8 rings (SSSR count). The van der Waals surface area contributed by atoms with Crippen LogP contribution in [0.5, 0.6) is 34.5 Å². The molecule has 0 saturated heterocycles. The van der Waals surface area contributed by atoms with Gasteiger partial charge in [0.2, 0.25) is 0 Å². The fraction of sp³-hybridized carbons (Fsp3) is 0.535. The summed E-state index contributed by atoms with van der Waals surface area (Å²) in [6, 6.07) is 27.2.